The van der Waals surface area contributed by atoms with Gasteiger partial charge in [0.25, 0.3) is 0 Å². The summed E-state index contributed by atoms with van der Waals surface area (Å²) >= 11 is 0. The smallest absolute Gasteiger partial charge is 0.240 e. The quantitative estimate of drug-likeness (QED) is 0.653. The van der Waals surface area contributed by atoms with Crippen LogP contribution in [0.1, 0.15) is 17.5 Å². The van der Waals surface area contributed by atoms with Crippen molar-refractivity contribution in [2.24, 2.45) is 23.7 Å². The van der Waals surface area contributed by atoms with Crippen molar-refractivity contribution in [2.75, 3.05) is 13.1 Å². The van der Waals surface area contributed by atoms with Crippen LogP contribution in [0.3, 0.4) is 0 Å². The molecule has 1 aliphatic heterocycles. The third kappa shape index (κ3) is 2.77. The summed E-state index contributed by atoms with van der Waals surface area (Å²) in [5.41, 5.74) is 2.35. The molecule has 4 atom stereocenters. The van der Waals surface area contributed by atoms with Crippen LogP contribution in [-0.2, 0) is 20.8 Å². The van der Waals surface area contributed by atoms with Gasteiger partial charge in [0.2, 0.25) is 17.7 Å². The molecule has 1 saturated carbocycles. The van der Waals surface area contributed by atoms with Crippen LogP contribution in [0.4, 0.5) is 0 Å². The molecular weight excluding hydrogens is 316 g/mol. The Morgan fingerprint density at radius 3 is 2.28 bits per heavy atom. The number of carbonyl (C=O) groups is 3. The molecule has 0 aromatic heterocycles. The SMILES string of the molecule is Cc1ccc(CCNC(=O)CN2C(=O)C3C4C=CC(C4)C3C2=O)cc1. The van der Waals surface area contributed by atoms with Gasteiger partial charge in [-0.2, -0.15) is 0 Å². The molecule has 1 aromatic rings. The average Bonchev–Trinajstić information content (AvgIpc) is 3.27. The zero-order chi connectivity index (χ0) is 17.6. The molecule has 1 N–H and O–H groups in total. The van der Waals surface area contributed by atoms with Crippen molar-refractivity contribution < 1.29 is 14.4 Å². The van der Waals surface area contributed by atoms with Gasteiger partial charge in [-0.1, -0.05) is 42.0 Å². The summed E-state index contributed by atoms with van der Waals surface area (Å²) in [5, 5.41) is 2.82. The number of hydrogen-bond donors (Lipinski definition) is 1. The van der Waals surface area contributed by atoms with Gasteiger partial charge in [-0.3, -0.25) is 19.3 Å². The lowest BCUT2D eigenvalue weighted by Gasteiger charge is -2.16. The molecule has 3 aliphatic rings. The Balaban J connectivity index is 1.30. The maximum Gasteiger partial charge on any atom is 0.240 e. The van der Waals surface area contributed by atoms with Crippen molar-refractivity contribution in [2.45, 2.75) is 19.8 Å². The summed E-state index contributed by atoms with van der Waals surface area (Å²) in [5.74, 6) is -0.706. The summed E-state index contributed by atoms with van der Waals surface area (Å²) in [6, 6.07) is 8.16. The first-order valence-corrected chi connectivity index (χ1v) is 8.90. The lowest BCUT2D eigenvalue weighted by molar-refractivity contribution is -0.144. The number of allylic oxidation sites excluding steroid dienone is 2. The number of benzene rings is 1. The van der Waals surface area contributed by atoms with Crippen molar-refractivity contribution in [3.8, 4) is 0 Å². The highest BCUT2D eigenvalue weighted by atomic mass is 16.2. The second-order valence-corrected chi connectivity index (χ2v) is 7.35. The first-order valence-electron chi connectivity index (χ1n) is 8.90. The molecule has 0 radical (unpaired) electrons. The summed E-state index contributed by atoms with van der Waals surface area (Å²) in [6.45, 7) is 2.38. The van der Waals surface area contributed by atoms with E-state index >= 15 is 0 Å². The summed E-state index contributed by atoms with van der Waals surface area (Å²) < 4.78 is 0. The Morgan fingerprint density at radius 1 is 1.08 bits per heavy atom. The number of amides is 3. The molecule has 4 unspecified atom stereocenters. The minimum atomic E-state index is -0.269. The second kappa shape index (κ2) is 6.14. The predicted octanol–water partition coefficient (Wildman–Crippen LogP) is 1.46. The van der Waals surface area contributed by atoms with Crippen LogP contribution < -0.4 is 5.32 Å². The van der Waals surface area contributed by atoms with E-state index in [1.807, 2.05) is 31.2 Å². The zero-order valence-electron chi connectivity index (χ0n) is 14.3. The van der Waals surface area contributed by atoms with Crippen molar-refractivity contribution >= 4 is 17.7 Å². The van der Waals surface area contributed by atoms with E-state index in [1.165, 1.54) is 10.5 Å². The number of rotatable bonds is 5. The number of nitrogens with one attached hydrogen (secondary N) is 1. The van der Waals surface area contributed by atoms with Gasteiger partial charge in [0, 0.05) is 6.54 Å². The fraction of sp³-hybridized carbons (Fsp3) is 0.450. The lowest BCUT2D eigenvalue weighted by Crippen LogP contribution is -2.42. The van der Waals surface area contributed by atoms with E-state index in [1.54, 1.807) is 0 Å². The molecule has 5 heteroatoms. The maximum absolute atomic E-state index is 12.5. The van der Waals surface area contributed by atoms with Crippen LogP contribution in [0.25, 0.3) is 0 Å². The van der Waals surface area contributed by atoms with Crippen LogP contribution in [0, 0.1) is 30.6 Å². The Labute approximate surface area is 147 Å². The lowest BCUT2D eigenvalue weighted by atomic mass is 9.85. The van der Waals surface area contributed by atoms with E-state index in [0.717, 1.165) is 18.4 Å². The predicted molar refractivity (Wildman–Crippen MR) is 92.3 cm³/mol. The van der Waals surface area contributed by atoms with Crippen LogP contribution in [0.15, 0.2) is 36.4 Å². The molecule has 4 rings (SSSR count). The average molecular weight is 338 g/mol. The molecule has 1 saturated heterocycles. The largest absolute Gasteiger partial charge is 0.354 e. The second-order valence-electron chi connectivity index (χ2n) is 7.35. The minimum Gasteiger partial charge on any atom is -0.354 e. The highest BCUT2D eigenvalue weighted by molar-refractivity contribution is 6.08. The van der Waals surface area contributed by atoms with E-state index in [4.69, 9.17) is 0 Å². The Bertz CT molecular complexity index is 723. The van der Waals surface area contributed by atoms with E-state index in [-0.39, 0.29) is 47.9 Å². The van der Waals surface area contributed by atoms with E-state index < -0.39 is 0 Å². The van der Waals surface area contributed by atoms with Gasteiger partial charge in [0.15, 0.2) is 0 Å². The number of likely N-dealkylation sites (tertiary alicyclic amines) is 1. The number of fused-ring (bicyclic) bond motifs is 5. The maximum atomic E-state index is 12.5. The van der Waals surface area contributed by atoms with Gasteiger partial charge in [-0.05, 0) is 37.2 Å². The topological polar surface area (TPSA) is 66.5 Å². The van der Waals surface area contributed by atoms with Crippen molar-refractivity contribution in [1.82, 2.24) is 10.2 Å². The van der Waals surface area contributed by atoms with Crippen LogP contribution >= 0.6 is 0 Å². The Morgan fingerprint density at radius 2 is 1.68 bits per heavy atom. The molecule has 5 nitrogen and oxygen atoms in total. The number of hydrogen-bond acceptors (Lipinski definition) is 3. The number of imide groups is 1. The van der Waals surface area contributed by atoms with E-state index in [9.17, 15) is 14.4 Å². The molecular formula is C20H22N2O3. The van der Waals surface area contributed by atoms with Crippen LogP contribution in [0.5, 0.6) is 0 Å². The van der Waals surface area contributed by atoms with Crippen LogP contribution in [0.2, 0.25) is 0 Å². The van der Waals surface area contributed by atoms with E-state index in [2.05, 4.69) is 17.5 Å². The molecule has 0 spiro atoms. The fourth-order valence-electron chi connectivity index (χ4n) is 4.42. The van der Waals surface area contributed by atoms with E-state index in [0.29, 0.717) is 6.54 Å². The van der Waals surface area contributed by atoms with Gasteiger partial charge in [0.05, 0.1) is 11.8 Å². The normalized spacial score (nSPS) is 29.4. The molecule has 2 fully saturated rings. The van der Waals surface area contributed by atoms with Gasteiger partial charge >= 0.3 is 0 Å². The van der Waals surface area contributed by atoms with Gasteiger partial charge in [0.1, 0.15) is 6.54 Å². The number of carbonyl (C=O) groups excluding carboxylic acids is 3. The van der Waals surface area contributed by atoms with Gasteiger partial charge in [-0.15, -0.1) is 0 Å². The first kappa shape index (κ1) is 16.1. The minimum absolute atomic E-state index is 0.155. The Kier molecular flexibility index (Phi) is 3.94. The van der Waals surface area contributed by atoms with Crippen LogP contribution in [-0.4, -0.2) is 35.7 Å². The molecule has 2 aliphatic carbocycles. The zero-order valence-corrected chi connectivity index (χ0v) is 14.3. The summed E-state index contributed by atoms with van der Waals surface area (Å²) in [4.78, 5) is 38.4. The monoisotopic (exact) mass is 338 g/mol. The third-order valence-corrected chi connectivity index (χ3v) is 5.72. The highest BCUT2D eigenvalue weighted by Crippen LogP contribution is 2.52. The van der Waals surface area contributed by atoms with Crippen molar-refractivity contribution in [1.29, 1.82) is 0 Å². The Hall–Kier alpha value is -2.43. The molecule has 1 heterocycles. The number of nitrogens with zero attached hydrogens (tertiary/aromatic N) is 1. The standard InChI is InChI=1S/C20H22N2O3/c1-12-2-4-13(5-3-12)8-9-21-16(23)11-22-19(24)17-14-6-7-15(10-14)18(17)20(22)25/h2-7,14-15,17-18H,8-11H2,1H3,(H,21,23). The fourth-order valence-corrected chi connectivity index (χ4v) is 4.42. The molecule has 3 amide bonds. The number of aryl methyl sites for hydroxylation is 1. The summed E-state index contributed by atoms with van der Waals surface area (Å²) in [7, 11) is 0. The van der Waals surface area contributed by atoms with Gasteiger partial charge < -0.3 is 5.32 Å². The molecule has 130 valence electrons. The first-order chi connectivity index (χ1) is 12.0. The van der Waals surface area contributed by atoms with Crippen molar-refractivity contribution in [3.63, 3.8) is 0 Å². The molecule has 1 aromatic carbocycles. The highest BCUT2D eigenvalue weighted by Gasteiger charge is 2.59. The summed E-state index contributed by atoms with van der Waals surface area (Å²) in [6.07, 6.45) is 5.75. The van der Waals surface area contributed by atoms with Gasteiger partial charge in [-0.25, -0.2) is 0 Å². The third-order valence-electron chi connectivity index (χ3n) is 5.72. The van der Waals surface area contributed by atoms with Crippen molar-refractivity contribution in [3.05, 3.63) is 47.5 Å². The molecule has 2 bridgehead atoms. The molecule has 25 heavy (non-hydrogen) atoms.